The lowest BCUT2D eigenvalue weighted by Crippen LogP contribution is -2.52. The molecule has 5 heteroatoms. The van der Waals surface area contributed by atoms with Crippen LogP contribution in [0.25, 0.3) is 0 Å². The fourth-order valence-electron chi connectivity index (χ4n) is 4.15. The lowest BCUT2D eigenvalue weighted by atomic mass is 9.95. The number of benzene rings is 2. The molecule has 0 bridgehead atoms. The van der Waals surface area contributed by atoms with E-state index in [2.05, 4.69) is 5.32 Å². The molecule has 0 heterocycles. The van der Waals surface area contributed by atoms with Crippen LogP contribution in [0.15, 0.2) is 54.6 Å². The van der Waals surface area contributed by atoms with Gasteiger partial charge in [0.25, 0.3) is 0 Å². The molecule has 0 aliphatic heterocycles. The summed E-state index contributed by atoms with van der Waals surface area (Å²) in [7, 11) is 0. The molecule has 2 amide bonds. The number of nitrogens with one attached hydrogen (secondary N) is 1. The van der Waals surface area contributed by atoms with Crippen LogP contribution in [0.5, 0.6) is 0 Å². The summed E-state index contributed by atoms with van der Waals surface area (Å²) in [6.07, 6.45) is 6.34. The number of carbonyl (C=O) groups excluding carboxylic acids is 2. The molecule has 4 nitrogen and oxygen atoms in total. The quantitative estimate of drug-likeness (QED) is 0.635. The maximum Gasteiger partial charge on any atom is 0.243 e. The highest BCUT2D eigenvalue weighted by Crippen LogP contribution is 2.21. The highest BCUT2D eigenvalue weighted by molar-refractivity contribution is 6.31. The maximum atomic E-state index is 13.4. The van der Waals surface area contributed by atoms with Gasteiger partial charge in [-0.15, -0.1) is 0 Å². The van der Waals surface area contributed by atoms with E-state index in [9.17, 15) is 9.59 Å². The van der Waals surface area contributed by atoms with Crippen molar-refractivity contribution in [1.29, 1.82) is 0 Å². The van der Waals surface area contributed by atoms with E-state index in [1.165, 1.54) is 6.42 Å². The largest absolute Gasteiger partial charge is 0.352 e. The SMILES string of the molecule is CC[C@@H](C(=O)NC1CCCCC1)N(Cc1ccccc1)C(=O)Cc1ccccc1Cl. The Balaban J connectivity index is 1.79. The third-order valence-electron chi connectivity index (χ3n) is 5.83. The minimum Gasteiger partial charge on any atom is -0.352 e. The molecule has 160 valence electrons. The van der Waals surface area contributed by atoms with Gasteiger partial charge in [0.15, 0.2) is 0 Å². The van der Waals surface area contributed by atoms with Crippen molar-refractivity contribution in [2.24, 2.45) is 0 Å². The van der Waals surface area contributed by atoms with Crippen LogP contribution in [0.4, 0.5) is 0 Å². The normalized spacial score (nSPS) is 15.4. The van der Waals surface area contributed by atoms with Gasteiger partial charge in [0.2, 0.25) is 11.8 Å². The van der Waals surface area contributed by atoms with Gasteiger partial charge < -0.3 is 10.2 Å². The zero-order valence-electron chi connectivity index (χ0n) is 17.6. The molecule has 0 aromatic heterocycles. The molecule has 1 N–H and O–H groups in total. The van der Waals surface area contributed by atoms with Crippen molar-refractivity contribution in [2.45, 2.75) is 70.5 Å². The van der Waals surface area contributed by atoms with Gasteiger partial charge in [-0.3, -0.25) is 9.59 Å². The fourth-order valence-corrected chi connectivity index (χ4v) is 4.35. The summed E-state index contributed by atoms with van der Waals surface area (Å²) in [6.45, 7) is 2.37. The molecular weight excluding hydrogens is 396 g/mol. The third kappa shape index (κ3) is 6.09. The molecule has 1 atom stereocenters. The molecule has 0 saturated heterocycles. The predicted octanol–water partition coefficient (Wildman–Crippen LogP) is 5.14. The lowest BCUT2D eigenvalue weighted by molar-refractivity contribution is -0.141. The average molecular weight is 427 g/mol. The monoisotopic (exact) mass is 426 g/mol. The zero-order chi connectivity index (χ0) is 21.3. The van der Waals surface area contributed by atoms with Gasteiger partial charge in [0, 0.05) is 17.6 Å². The molecule has 1 saturated carbocycles. The third-order valence-corrected chi connectivity index (χ3v) is 6.20. The van der Waals surface area contributed by atoms with Crippen molar-refractivity contribution in [1.82, 2.24) is 10.2 Å². The zero-order valence-corrected chi connectivity index (χ0v) is 18.4. The first-order chi connectivity index (χ1) is 14.6. The molecule has 2 aromatic rings. The van der Waals surface area contributed by atoms with E-state index < -0.39 is 6.04 Å². The van der Waals surface area contributed by atoms with Crippen LogP contribution in [0.2, 0.25) is 5.02 Å². The van der Waals surface area contributed by atoms with Crippen molar-refractivity contribution >= 4 is 23.4 Å². The van der Waals surface area contributed by atoms with Crippen molar-refractivity contribution in [2.75, 3.05) is 0 Å². The van der Waals surface area contributed by atoms with E-state index in [0.717, 1.165) is 36.8 Å². The van der Waals surface area contributed by atoms with Crippen LogP contribution in [0, 0.1) is 0 Å². The number of halogens is 1. The summed E-state index contributed by atoms with van der Waals surface area (Å²) in [4.78, 5) is 28.2. The van der Waals surface area contributed by atoms with Crippen LogP contribution in [0.1, 0.15) is 56.6 Å². The second kappa shape index (κ2) is 11.2. The molecule has 3 rings (SSSR count). The van der Waals surface area contributed by atoms with Crippen molar-refractivity contribution in [3.8, 4) is 0 Å². The summed E-state index contributed by atoms with van der Waals surface area (Å²) in [5, 5.41) is 3.78. The number of hydrogen-bond donors (Lipinski definition) is 1. The standard InChI is InChI=1S/C25H31ClN2O2/c1-2-23(25(30)27-21-14-7-4-8-15-21)28(18-19-11-5-3-6-12-19)24(29)17-20-13-9-10-16-22(20)26/h3,5-6,9-13,16,21,23H,2,4,7-8,14-15,17-18H2,1H3,(H,27,30)/t23-/m0/s1. The first kappa shape index (κ1) is 22.4. The van der Waals surface area contributed by atoms with E-state index in [4.69, 9.17) is 11.6 Å². The summed E-state index contributed by atoms with van der Waals surface area (Å²) in [6, 6.07) is 16.9. The number of carbonyl (C=O) groups is 2. The van der Waals surface area contributed by atoms with Crippen molar-refractivity contribution in [3.05, 3.63) is 70.7 Å². The van der Waals surface area contributed by atoms with Gasteiger partial charge in [0.1, 0.15) is 6.04 Å². The molecule has 0 unspecified atom stereocenters. The van der Waals surface area contributed by atoms with E-state index in [1.54, 1.807) is 11.0 Å². The number of nitrogens with zero attached hydrogens (tertiary/aromatic N) is 1. The number of hydrogen-bond acceptors (Lipinski definition) is 2. The maximum absolute atomic E-state index is 13.4. The Morgan fingerprint density at radius 2 is 1.70 bits per heavy atom. The molecule has 1 aliphatic carbocycles. The first-order valence-corrected chi connectivity index (χ1v) is 11.3. The second-order valence-corrected chi connectivity index (χ2v) is 8.45. The minimum absolute atomic E-state index is 0.0483. The van der Waals surface area contributed by atoms with E-state index in [-0.39, 0.29) is 24.3 Å². The van der Waals surface area contributed by atoms with E-state index in [0.29, 0.717) is 18.0 Å². The molecule has 2 aromatic carbocycles. The van der Waals surface area contributed by atoms with Crippen molar-refractivity contribution in [3.63, 3.8) is 0 Å². The van der Waals surface area contributed by atoms with Crippen LogP contribution in [0.3, 0.4) is 0 Å². The number of amides is 2. The summed E-state index contributed by atoms with van der Waals surface area (Å²) in [5.41, 5.74) is 1.79. The van der Waals surface area contributed by atoms with Gasteiger partial charge in [-0.05, 0) is 36.5 Å². The fraction of sp³-hybridized carbons (Fsp3) is 0.440. The van der Waals surface area contributed by atoms with Gasteiger partial charge in [-0.1, -0.05) is 86.3 Å². The second-order valence-electron chi connectivity index (χ2n) is 8.04. The van der Waals surface area contributed by atoms with Crippen LogP contribution < -0.4 is 5.32 Å². The Kier molecular flexibility index (Phi) is 8.32. The van der Waals surface area contributed by atoms with E-state index >= 15 is 0 Å². The summed E-state index contributed by atoms with van der Waals surface area (Å²) < 4.78 is 0. The Bertz CT molecular complexity index is 834. The summed E-state index contributed by atoms with van der Waals surface area (Å²) >= 11 is 6.29. The van der Waals surface area contributed by atoms with E-state index in [1.807, 2.05) is 55.5 Å². The lowest BCUT2D eigenvalue weighted by Gasteiger charge is -2.33. The van der Waals surface area contributed by atoms with Crippen LogP contribution in [-0.4, -0.2) is 28.8 Å². The number of rotatable bonds is 8. The molecular formula is C25H31ClN2O2. The van der Waals surface area contributed by atoms with Gasteiger partial charge >= 0.3 is 0 Å². The van der Waals surface area contributed by atoms with Gasteiger partial charge in [0.05, 0.1) is 6.42 Å². The molecule has 0 radical (unpaired) electrons. The summed E-state index contributed by atoms with van der Waals surface area (Å²) in [5.74, 6) is -0.134. The highest BCUT2D eigenvalue weighted by atomic mass is 35.5. The molecule has 1 aliphatic rings. The Hall–Kier alpha value is -2.33. The van der Waals surface area contributed by atoms with Crippen LogP contribution in [-0.2, 0) is 22.6 Å². The predicted molar refractivity (Wildman–Crippen MR) is 121 cm³/mol. The smallest absolute Gasteiger partial charge is 0.243 e. The Labute approximate surface area is 184 Å². The first-order valence-electron chi connectivity index (χ1n) is 11.0. The molecule has 30 heavy (non-hydrogen) atoms. The topological polar surface area (TPSA) is 49.4 Å². The van der Waals surface area contributed by atoms with Crippen molar-refractivity contribution < 1.29 is 9.59 Å². The van der Waals surface area contributed by atoms with Gasteiger partial charge in [-0.25, -0.2) is 0 Å². The van der Waals surface area contributed by atoms with Gasteiger partial charge in [-0.2, -0.15) is 0 Å². The minimum atomic E-state index is -0.498. The average Bonchev–Trinajstić information content (AvgIpc) is 2.76. The molecule has 1 fully saturated rings. The molecule has 0 spiro atoms. The van der Waals surface area contributed by atoms with Crippen LogP contribution >= 0.6 is 11.6 Å². The highest BCUT2D eigenvalue weighted by Gasteiger charge is 2.30. The Morgan fingerprint density at radius 1 is 1.03 bits per heavy atom. The Morgan fingerprint density at radius 3 is 2.37 bits per heavy atom.